The molecule has 70 valence electrons. The van der Waals surface area contributed by atoms with Gasteiger partial charge in [-0.3, -0.25) is 4.79 Å². The highest BCUT2D eigenvalue weighted by Gasteiger charge is 2.42. The van der Waals surface area contributed by atoms with Gasteiger partial charge in [0.05, 0.1) is 18.2 Å². The van der Waals surface area contributed by atoms with Crippen LogP contribution in [0.1, 0.15) is 20.3 Å². The quantitative estimate of drug-likeness (QED) is 0.550. The van der Waals surface area contributed by atoms with Gasteiger partial charge in [0.2, 0.25) is 5.91 Å². The molecule has 1 rings (SSSR count). The molecule has 1 saturated heterocycles. The first-order valence-corrected chi connectivity index (χ1v) is 4.18. The molecule has 0 bridgehead atoms. The molecule has 0 radical (unpaired) electrons. The SMILES string of the molecule is CC1(C)C(O)CCN1C(=O)CN. The molecule has 1 heterocycles. The summed E-state index contributed by atoms with van der Waals surface area (Å²) >= 11 is 0. The largest absolute Gasteiger partial charge is 0.391 e. The summed E-state index contributed by atoms with van der Waals surface area (Å²) in [5.74, 6) is -0.0865. The van der Waals surface area contributed by atoms with Crippen molar-refractivity contribution in [3.63, 3.8) is 0 Å². The number of aliphatic hydroxyl groups is 1. The third-order valence-electron chi connectivity index (χ3n) is 2.61. The fourth-order valence-electron chi connectivity index (χ4n) is 1.63. The minimum absolute atomic E-state index is 0.0240. The molecule has 1 atom stereocenters. The third-order valence-corrected chi connectivity index (χ3v) is 2.61. The Kier molecular flexibility index (Phi) is 2.39. The predicted octanol–water partition coefficient (Wildman–Crippen LogP) is -0.683. The van der Waals surface area contributed by atoms with Gasteiger partial charge in [0.25, 0.3) is 0 Å². The Morgan fingerprint density at radius 2 is 2.33 bits per heavy atom. The summed E-state index contributed by atoms with van der Waals surface area (Å²) < 4.78 is 0. The number of likely N-dealkylation sites (tertiary alicyclic amines) is 1. The Balaban J connectivity index is 2.74. The highest BCUT2D eigenvalue weighted by molar-refractivity contribution is 5.79. The van der Waals surface area contributed by atoms with E-state index in [1.54, 1.807) is 4.90 Å². The average Bonchev–Trinajstić information content (AvgIpc) is 2.27. The summed E-state index contributed by atoms with van der Waals surface area (Å²) in [5.41, 5.74) is 4.80. The lowest BCUT2D eigenvalue weighted by molar-refractivity contribution is -0.134. The molecule has 0 aromatic carbocycles. The molecule has 0 aromatic rings. The topological polar surface area (TPSA) is 66.6 Å². The van der Waals surface area contributed by atoms with Gasteiger partial charge in [0, 0.05) is 6.54 Å². The van der Waals surface area contributed by atoms with Crippen LogP contribution in [0.15, 0.2) is 0 Å². The Labute approximate surface area is 72.3 Å². The minimum atomic E-state index is -0.448. The van der Waals surface area contributed by atoms with Crippen molar-refractivity contribution in [1.82, 2.24) is 4.90 Å². The summed E-state index contributed by atoms with van der Waals surface area (Å²) in [6, 6.07) is 0. The number of carbonyl (C=O) groups is 1. The van der Waals surface area contributed by atoms with Gasteiger partial charge in [-0.25, -0.2) is 0 Å². The second-order valence-electron chi connectivity index (χ2n) is 3.71. The van der Waals surface area contributed by atoms with Crippen molar-refractivity contribution in [2.24, 2.45) is 5.73 Å². The molecule has 1 unspecified atom stereocenters. The monoisotopic (exact) mass is 172 g/mol. The van der Waals surface area contributed by atoms with Crippen molar-refractivity contribution in [1.29, 1.82) is 0 Å². The molecule has 1 amide bonds. The number of hydrogen-bond donors (Lipinski definition) is 2. The smallest absolute Gasteiger partial charge is 0.236 e. The number of rotatable bonds is 1. The average molecular weight is 172 g/mol. The van der Waals surface area contributed by atoms with E-state index in [0.29, 0.717) is 13.0 Å². The second-order valence-corrected chi connectivity index (χ2v) is 3.71. The number of carbonyl (C=O) groups excluding carboxylic acids is 1. The van der Waals surface area contributed by atoms with Crippen LogP contribution in [0.5, 0.6) is 0 Å². The lowest BCUT2D eigenvalue weighted by Crippen LogP contribution is -2.50. The molecule has 0 saturated carbocycles. The molecule has 12 heavy (non-hydrogen) atoms. The fourth-order valence-corrected chi connectivity index (χ4v) is 1.63. The lowest BCUT2D eigenvalue weighted by atomic mass is 9.99. The summed E-state index contributed by atoms with van der Waals surface area (Å²) in [5, 5.41) is 9.54. The summed E-state index contributed by atoms with van der Waals surface area (Å²) in [6.45, 7) is 4.36. The van der Waals surface area contributed by atoms with E-state index in [-0.39, 0.29) is 12.5 Å². The Morgan fingerprint density at radius 3 is 2.67 bits per heavy atom. The number of aliphatic hydroxyl groups excluding tert-OH is 1. The van der Waals surface area contributed by atoms with Crippen LogP contribution in [-0.4, -0.2) is 40.6 Å². The minimum Gasteiger partial charge on any atom is -0.391 e. The molecule has 0 aromatic heterocycles. The molecular weight excluding hydrogens is 156 g/mol. The maximum Gasteiger partial charge on any atom is 0.236 e. The van der Waals surface area contributed by atoms with E-state index >= 15 is 0 Å². The summed E-state index contributed by atoms with van der Waals surface area (Å²) in [6.07, 6.45) is 0.228. The molecule has 0 aliphatic carbocycles. The van der Waals surface area contributed by atoms with Crippen molar-refractivity contribution in [3.8, 4) is 0 Å². The van der Waals surface area contributed by atoms with Gasteiger partial charge in [-0.15, -0.1) is 0 Å². The van der Waals surface area contributed by atoms with Gasteiger partial charge in [-0.05, 0) is 20.3 Å². The maximum absolute atomic E-state index is 11.3. The molecule has 3 N–H and O–H groups in total. The van der Waals surface area contributed by atoms with Crippen LogP contribution in [0.4, 0.5) is 0 Å². The molecular formula is C8H16N2O2. The maximum atomic E-state index is 11.3. The normalized spacial score (nSPS) is 27.7. The van der Waals surface area contributed by atoms with Gasteiger partial charge < -0.3 is 15.7 Å². The standard InChI is InChI=1S/C8H16N2O2/c1-8(2)6(11)3-4-10(8)7(12)5-9/h6,11H,3-5,9H2,1-2H3. The van der Waals surface area contributed by atoms with Crippen molar-refractivity contribution in [2.75, 3.05) is 13.1 Å². The zero-order valence-electron chi connectivity index (χ0n) is 7.58. The predicted molar refractivity (Wildman–Crippen MR) is 45.5 cm³/mol. The zero-order chi connectivity index (χ0) is 9.35. The van der Waals surface area contributed by atoms with E-state index in [0.717, 1.165) is 0 Å². The first kappa shape index (κ1) is 9.48. The van der Waals surface area contributed by atoms with Crippen molar-refractivity contribution in [3.05, 3.63) is 0 Å². The molecule has 4 nitrogen and oxygen atoms in total. The van der Waals surface area contributed by atoms with Gasteiger partial charge in [-0.1, -0.05) is 0 Å². The van der Waals surface area contributed by atoms with Crippen molar-refractivity contribution in [2.45, 2.75) is 31.9 Å². The Hall–Kier alpha value is -0.610. The van der Waals surface area contributed by atoms with Gasteiger partial charge in [-0.2, -0.15) is 0 Å². The zero-order valence-corrected chi connectivity index (χ0v) is 7.58. The first-order valence-electron chi connectivity index (χ1n) is 4.18. The first-order chi connectivity index (χ1) is 5.50. The molecule has 4 heteroatoms. The molecule has 1 aliphatic heterocycles. The molecule has 1 fully saturated rings. The van der Waals surface area contributed by atoms with Crippen LogP contribution < -0.4 is 5.73 Å². The van der Waals surface area contributed by atoms with Crippen LogP contribution in [0.25, 0.3) is 0 Å². The van der Waals surface area contributed by atoms with Gasteiger partial charge >= 0.3 is 0 Å². The number of amides is 1. The Morgan fingerprint density at radius 1 is 1.75 bits per heavy atom. The van der Waals surface area contributed by atoms with E-state index in [2.05, 4.69) is 0 Å². The van der Waals surface area contributed by atoms with Crippen LogP contribution in [0.2, 0.25) is 0 Å². The Bertz CT molecular complexity index is 191. The summed E-state index contributed by atoms with van der Waals surface area (Å²) in [4.78, 5) is 12.9. The number of nitrogens with two attached hydrogens (primary N) is 1. The van der Waals surface area contributed by atoms with E-state index in [1.807, 2.05) is 13.8 Å². The van der Waals surface area contributed by atoms with E-state index in [9.17, 15) is 9.90 Å². The van der Waals surface area contributed by atoms with E-state index < -0.39 is 11.6 Å². The lowest BCUT2D eigenvalue weighted by Gasteiger charge is -2.33. The highest BCUT2D eigenvalue weighted by atomic mass is 16.3. The molecule has 1 aliphatic rings. The highest BCUT2D eigenvalue weighted by Crippen LogP contribution is 2.28. The van der Waals surface area contributed by atoms with Crippen LogP contribution >= 0.6 is 0 Å². The van der Waals surface area contributed by atoms with E-state index in [4.69, 9.17) is 5.73 Å². The van der Waals surface area contributed by atoms with Crippen LogP contribution in [0.3, 0.4) is 0 Å². The second kappa shape index (κ2) is 3.03. The number of hydrogen-bond acceptors (Lipinski definition) is 3. The van der Waals surface area contributed by atoms with Crippen LogP contribution in [0, 0.1) is 0 Å². The van der Waals surface area contributed by atoms with Crippen molar-refractivity contribution >= 4 is 5.91 Å². The van der Waals surface area contributed by atoms with Gasteiger partial charge in [0.1, 0.15) is 0 Å². The summed E-state index contributed by atoms with van der Waals surface area (Å²) in [7, 11) is 0. The van der Waals surface area contributed by atoms with E-state index in [1.165, 1.54) is 0 Å². The molecule has 0 spiro atoms. The third kappa shape index (κ3) is 1.32. The van der Waals surface area contributed by atoms with Crippen molar-refractivity contribution < 1.29 is 9.90 Å². The fraction of sp³-hybridized carbons (Fsp3) is 0.875. The van der Waals surface area contributed by atoms with Crippen LogP contribution in [-0.2, 0) is 4.79 Å². The number of nitrogens with zero attached hydrogens (tertiary/aromatic N) is 1. The van der Waals surface area contributed by atoms with Gasteiger partial charge in [0.15, 0.2) is 0 Å².